The molecule has 2 amide bonds. The summed E-state index contributed by atoms with van der Waals surface area (Å²) in [5, 5.41) is 2.58. The number of aryl methyl sites for hydroxylation is 1. The smallest absolute Gasteiger partial charge is 0.341 e. The van der Waals surface area contributed by atoms with E-state index in [4.69, 9.17) is 4.42 Å². The predicted octanol–water partition coefficient (Wildman–Crippen LogP) is 2.00. The van der Waals surface area contributed by atoms with Crippen LogP contribution in [-0.4, -0.2) is 41.8 Å². The first kappa shape index (κ1) is 18.2. The first-order valence-corrected chi connectivity index (χ1v) is 7.49. The van der Waals surface area contributed by atoms with Crippen molar-refractivity contribution in [3.05, 3.63) is 47.2 Å². The summed E-state index contributed by atoms with van der Waals surface area (Å²) < 4.78 is 10.2. The minimum absolute atomic E-state index is 0.122. The summed E-state index contributed by atoms with van der Waals surface area (Å²) in [6.07, 6.45) is 1.47. The number of rotatable bonds is 5. The fourth-order valence-corrected chi connectivity index (χ4v) is 2.29. The zero-order valence-corrected chi connectivity index (χ0v) is 14.5. The van der Waals surface area contributed by atoms with Gasteiger partial charge in [0.05, 0.1) is 19.3 Å². The molecule has 2 aromatic heterocycles. The van der Waals surface area contributed by atoms with Crippen LogP contribution in [0.5, 0.6) is 0 Å². The van der Waals surface area contributed by atoms with Gasteiger partial charge in [-0.25, -0.2) is 9.78 Å². The number of aromatic nitrogens is 1. The summed E-state index contributed by atoms with van der Waals surface area (Å²) in [5.74, 6) is -0.337. The SMILES string of the molecule is COC(=O)c1cc(CN(C)C(=O)c2ncccc2NC(C)=O)oc1C. The summed E-state index contributed by atoms with van der Waals surface area (Å²) in [6.45, 7) is 3.13. The second kappa shape index (κ2) is 7.61. The van der Waals surface area contributed by atoms with Crippen LogP contribution in [0.25, 0.3) is 0 Å². The maximum absolute atomic E-state index is 12.6. The summed E-state index contributed by atoms with van der Waals surface area (Å²) in [7, 11) is 2.86. The number of amides is 2. The number of pyridine rings is 1. The highest BCUT2D eigenvalue weighted by molar-refractivity contribution is 6.01. The summed E-state index contributed by atoms with van der Waals surface area (Å²) in [6, 6.07) is 4.76. The molecule has 2 rings (SSSR count). The number of hydrogen-bond acceptors (Lipinski definition) is 6. The Hall–Kier alpha value is -3.16. The number of nitrogens with zero attached hydrogens (tertiary/aromatic N) is 2. The molecule has 132 valence electrons. The number of furan rings is 1. The van der Waals surface area contributed by atoms with E-state index >= 15 is 0 Å². The van der Waals surface area contributed by atoms with Gasteiger partial charge in [0, 0.05) is 20.2 Å². The maximum Gasteiger partial charge on any atom is 0.341 e. The summed E-state index contributed by atoms with van der Waals surface area (Å²) in [4.78, 5) is 40.9. The molecule has 8 nitrogen and oxygen atoms in total. The van der Waals surface area contributed by atoms with E-state index in [2.05, 4.69) is 15.0 Å². The quantitative estimate of drug-likeness (QED) is 0.832. The molecule has 0 unspecified atom stereocenters. The Kier molecular flexibility index (Phi) is 5.53. The Balaban J connectivity index is 2.19. The molecule has 0 aliphatic carbocycles. The second-order valence-corrected chi connectivity index (χ2v) is 5.42. The van der Waals surface area contributed by atoms with Crippen molar-refractivity contribution in [2.24, 2.45) is 0 Å². The third-order valence-corrected chi connectivity index (χ3v) is 3.43. The molecule has 0 aromatic carbocycles. The van der Waals surface area contributed by atoms with E-state index in [0.29, 0.717) is 22.8 Å². The normalized spacial score (nSPS) is 10.2. The largest absolute Gasteiger partial charge is 0.465 e. The monoisotopic (exact) mass is 345 g/mol. The number of nitrogens with one attached hydrogen (secondary N) is 1. The van der Waals surface area contributed by atoms with Gasteiger partial charge in [-0.05, 0) is 25.1 Å². The van der Waals surface area contributed by atoms with Crippen molar-refractivity contribution >= 4 is 23.5 Å². The Morgan fingerprint density at radius 1 is 1.36 bits per heavy atom. The topological polar surface area (TPSA) is 102 Å². The van der Waals surface area contributed by atoms with Crippen molar-refractivity contribution in [3.63, 3.8) is 0 Å². The van der Waals surface area contributed by atoms with Gasteiger partial charge < -0.3 is 19.4 Å². The molecule has 0 aliphatic rings. The van der Waals surface area contributed by atoms with Gasteiger partial charge in [-0.2, -0.15) is 0 Å². The molecule has 0 radical (unpaired) electrons. The van der Waals surface area contributed by atoms with Crippen LogP contribution in [-0.2, 0) is 16.1 Å². The number of ether oxygens (including phenoxy) is 1. The van der Waals surface area contributed by atoms with Crippen LogP contribution in [0.15, 0.2) is 28.8 Å². The fraction of sp³-hybridized carbons (Fsp3) is 0.294. The Labute approximate surface area is 144 Å². The van der Waals surface area contributed by atoms with Crippen molar-refractivity contribution in [1.82, 2.24) is 9.88 Å². The van der Waals surface area contributed by atoms with Gasteiger partial charge >= 0.3 is 5.97 Å². The average molecular weight is 345 g/mol. The lowest BCUT2D eigenvalue weighted by molar-refractivity contribution is -0.114. The van der Waals surface area contributed by atoms with Crippen molar-refractivity contribution in [2.45, 2.75) is 20.4 Å². The summed E-state index contributed by atoms with van der Waals surface area (Å²) in [5.41, 5.74) is 0.768. The van der Waals surface area contributed by atoms with E-state index in [1.54, 1.807) is 26.1 Å². The zero-order valence-electron chi connectivity index (χ0n) is 14.5. The Bertz CT molecular complexity index is 812. The van der Waals surface area contributed by atoms with Crippen LogP contribution in [0.3, 0.4) is 0 Å². The minimum Gasteiger partial charge on any atom is -0.465 e. The van der Waals surface area contributed by atoms with E-state index in [1.807, 2.05) is 0 Å². The number of carbonyl (C=O) groups excluding carboxylic acids is 3. The van der Waals surface area contributed by atoms with E-state index < -0.39 is 11.9 Å². The van der Waals surface area contributed by atoms with Gasteiger partial charge in [-0.3, -0.25) is 9.59 Å². The Morgan fingerprint density at radius 3 is 2.72 bits per heavy atom. The van der Waals surface area contributed by atoms with E-state index in [1.165, 1.54) is 31.2 Å². The highest BCUT2D eigenvalue weighted by Gasteiger charge is 2.21. The van der Waals surface area contributed by atoms with E-state index in [0.717, 1.165) is 0 Å². The molecule has 8 heteroatoms. The van der Waals surface area contributed by atoms with Crippen LogP contribution in [0.1, 0.15) is 39.3 Å². The average Bonchev–Trinajstić information content (AvgIpc) is 2.93. The van der Waals surface area contributed by atoms with Crippen LogP contribution in [0.4, 0.5) is 5.69 Å². The number of methoxy groups -OCH3 is 1. The standard InChI is InChI=1S/C17H19N3O5/c1-10-13(17(23)24-4)8-12(25-10)9-20(3)16(22)15-14(19-11(2)21)6-5-7-18-15/h5-8H,9H2,1-4H3,(H,19,21). The summed E-state index contributed by atoms with van der Waals surface area (Å²) >= 11 is 0. The molecular weight excluding hydrogens is 326 g/mol. The van der Waals surface area contributed by atoms with Crippen molar-refractivity contribution in [1.29, 1.82) is 0 Å². The van der Waals surface area contributed by atoms with Crippen molar-refractivity contribution in [2.75, 3.05) is 19.5 Å². The number of carbonyl (C=O) groups is 3. The molecule has 25 heavy (non-hydrogen) atoms. The third-order valence-electron chi connectivity index (χ3n) is 3.43. The van der Waals surface area contributed by atoms with Gasteiger partial charge in [0.1, 0.15) is 17.1 Å². The maximum atomic E-state index is 12.6. The molecule has 0 atom stereocenters. The van der Waals surface area contributed by atoms with Gasteiger partial charge in [0.15, 0.2) is 5.69 Å². The van der Waals surface area contributed by atoms with E-state index in [-0.39, 0.29) is 18.1 Å². The lowest BCUT2D eigenvalue weighted by atomic mass is 10.2. The highest BCUT2D eigenvalue weighted by Crippen LogP contribution is 2.19. The third kappa shape index (κ3) is 4.23. The van der Waals surface area contributed by atoms with Crippen molar-refractivity contribution < 1.29 is 23.5 Å². The molecule has 0 bridgehead atoms. The van der Waals surface area contributed by atoms with E-state index in [9.17, 15) is 14.4 Å². The van der Waals surface area contributed by atoms with Gasteiger partial charge in [0.25, 0.3) is 5.91 Å². The molecule has 0 spiro atoms. The first-order chi connectivity index (χ1) is 11.8. The van der Waals surface area contributed by atoms with Crippen LogP contribution < -0.4 is 5.32 Å². The Morgan fingerprint density at radius 2 is 2.08 bits per heavy atom. The fourth-order valence-electron chi connectivity index (χ4n) is 2.29. The molecule has 2 aromatic rings. The molecule has 0 aliphatic heterocycles. The molecule has 0 saturated heterocycles. The van der Waals surface area contributed by atoms with Gasteiger partial charge in [-0.15, -0.1) is 0 Å². The first-order valence-electron chi connectivity index (χ1n) is 7.49. The van der Waals surface area contributed by atoms with Crippen molar-refractivity contribution in [3.8, 4) is 0 Å². The minimum atomic E-state index is -0.501. The lowest BCUT2D eigenvalue weighted by Gasteiger charge is -2.17. The molecule has 1 N–H and O–H groups in total. The highest BCUT2D eigenvalue weighted by atomic mass is 16.5. The molecule has 2 heterocycles. The predicted molar refractivity (Wildman–Crippen MR) is 89.1 cm³/mol. The zero-order chi connectivity index (χ0) is 18.6. The van der Waals surface area contributed by atoms with Gasteiger partial charge in [-0.1, -0.05) is 0 Å². The lowest BCUT2D eigenvalue weighted by Crippen LogP contribution is -2.28. The number of esters is 1. The van der Waals surface area contributed by atoms with Crippen LogP contribution >= 0.6 is 0 Å². The molecule has 0 fully saturated rings. The molecular formula is C17H19N3O5. The molecule has 0 saturated carbocycles. The van der Waals surface area contributed by atoms with Crippen LogP contribution in [0, 0.1) is 6.92 Å². The number of hydrogen-bond donors (Lipinski definition) is 1. The second-order valence-electron chi connectivity index (χ2n) is 5.42. The number of anilines is 1. The van der Waals surface area contributed by atoms with Gasteiger partial charge in [0.2, 0.25) is 5.91 Å². The van der Waals surface area contributed by atoms with Crippen LogP contribution in [0.2, 0.25) is 0 Å².